The van der Waals surface area contributed by atoms with Crippen molar-refractivity contribution in [2.24, 2.45) is 0 Å². The lowest BCUT2D eigenvalue weighted by Crippen LogP contribution is -2.34. The minimum Gasteiger partial charge on any atom is -0.451 e. The number of carbonyl (C=O) groups excluding carboxylic acids is 2. The summed E-state index contributed by atoms with van der Waals surface area (Å²) >= 11 is 1.30. The molecule has 3 rings (SSSR count). The van der Waals surface area contributed by atoms with E-state index >= 15 is 0 Å². The summed E-state index contributed by atoms with van der Waals surface area (Å²) in [6.07, 6.45) is 0. The second-order valence-corrected chi connectivity index (χ2v) is 6.14. The Bertz CT molecular complexity index is 853. The largest absolute Gasteiger partial charge is 0.451 e. The average molecular weight is 339 g/mol. The highest BCUT2D eigenvalue weighted by molar-refractivity contribution is 7.11. The third kappa shape index (κ3) is 3.31. The van der Waals surface area contributed by atoms with E-state index in [0.29, 0.717) is 11.4 Å². The number of thiophene rings is 1. The van der Waals surface area contributed by atoms with Gasteiger partial charge in [0, 0.05) is 11.9 Å². The second-order valence-electron chi connectivity index (χ2n) is 5.19. The molecule has 3 aromatic rings. The molecule has 0 saturated heterocycles. The first-order chi connectivity index (χ1) is 11.7. The minimum absolute atomic E-state index is 0.237. The van der Waals surface area contributed by atoms with Crippen LogP contribution in [0.5, 0.6) is 0 Å². The van der Waals surface area contributed by atoms with Crippen LogP contribution in [-0.2, 0) is 9.53 Å². The number of benzene rings is 2. The Morgan fingerprint density at radius 2 is 1.83 bits per heavy atom. The van der Waals surface area contributed by atoms with Gasteiger partial charge in [-0.1, -0.05) is 42.5 Å². The molecule has 1 aromatic heterocycles. The van der Waals surface area contributed by atoms with Crippen molar-refractivity contribution in [1.82, 2.24) is 0 Å². The molecular weight excluding hydrogens is 322 g/mol. The third-order valence-electron chi connectivity index (χ3n) is 3.72. The molecular formula is C19H17NO3S. The van der Waals surface area contributed by atoms with Crippen molar-refractivity contribution >= 4 is 39.7 Å². The van der Waals surface area contributed by atoms with E-state index in [4.69, 9.17) is 4.74 Å². The van der Waals surface area contributed by atoms with Gasteiger partial charge in [0.15, 0.2) is 6.61 Å². The molecule has 1 amide bonds. The summed E-state index contributed by atoms with van der Waals surface area (Å²) in [5.74, 6) is -0.703. The van der Waals surface area contributed by atoms with Crippen LogP contribution in [0.15, 0.2) is 60.0 Å². The van der Waals surface area contributed by atoms with Crippen LogP contribution in [0.2, 0.25) is 0 Å². The zero-order valence-electron chi connectivity index (χ0n) is 13.3. The van der Waals surface area contributed by atoms with E-state index in [9.17, 15) is 9.59 Å². The fraction of sp³-hybridized carbons (Fsp3) is 0.158. The highest BCUT2D eigenvalue weighted by Gasteiger charge is 2.18. The van der Waals surface area contributed by atoms with E-state index in [0.717, 1.165) is 16.5 Å². The Balaban J connectivity index is 1.78. The summed E-state index contributed by atoms with van der Waals surface area (Å²) in [5.41, 5.74) is 0.827. The summed E-state index contributed by atoms with van der Waals surface area (Å²) in [6.45, 7) is 2.14. The Labute approximate surface area is 144 Å². The smallest absolute Gasteiger partial charge is 0.348 e. The maximum Gasteiger partial charge on any atom is 0.348 e. The van der Waals surface area contributed by atoms with Crippen molar-refractivity contribution in [3.63, 3.8) is 0 Å². The third-order valence-corrected chi connectivity index (χ3v) is 4.57. The summed E-state index contributed by atoms with van der Waals surface area (Å²) in [4.78, 5) is 26.6. The van der Waals surface area contributed by atoms with E-state index in [2.05, 4.69) is 0 Å². The maximum atomic E-state index is 12.5. The quantitative estimate of drug-likeness (QED) is 0.657. The Morgan fingerprint density at radius 3 is 2.58 bits per heavy atom. The molecule has 0 spiro atoms. The van der Waals surface area contributed by atoms with Gasteiger partial charge in [-0.2, -0.15) is 0 Å². The first kappa shape index (κ1) is 16.2. The van der Waals surface area contributed by atoms with Gasteiger partial charge in [0.2, 0.25) is 0 Å². The lowest BCUT2D eigenvalue weighted by molar-refractivity contribution is -0.121. The van der Waals surface area contributed by atoms with Crippen molar-refractivity contribution in [2.45, 2.75) is 6.92 Å². The van der Waals surface area contributed by atoms with Crippen LogP contribution in [0.25, 0.3) is 10.8 Å². The molecule has 0 radical (unpaired) electrons. The van der Waals surface area contributed by atoms with Crippen LogP contribution in [-0.4, -0.2) is 25.0 Å². The van der Waals surface area contributed by atoms with Gasteiger partial charge < -0.3 is 9.64 Å². The molecule has 0 aliphatic rings. The predicted molar refractivity (Wildman–Crippen MR) is 96.6 cm³/mol. The van der Waals surface area contributed by atoms with Crippen molar-refractivity contribution < 1.29 is 14.3 Å². The van der Waals surface area contributed by atoms with Crippen molar-refractivity contribution in [2.75, 3.05) is 18.1 Å². The van der Waals surface area contributed by atoms with E-state index in [-0.39, 0.29) is 12.5 Å². The van der Waals surface area contributed by atoms with E-state index in [1.54, 1.807) is 22.4 Å². The van der Waals surface area contributed by atoms with Gasteiger partial charge in [-0.05, 0) is 29.8 Å². The van der Waals surface area contributed by atoms with Crippen molar-refractivity contribution in [3.8, 4) is 0 Å². The molecule has 2 aromatic carbocycles. The van der Waals surface area contributed by atoms with Crippen LogP contribution in [0.3, 0.4) is 0 Å². The van der Waals surface area contributed by atoms with Crippen molar-refractivity contribution in [1.29, 1.82) is 0 Å². The van der Waals surface area contributed by atoms with E-state index < -0.39 is 5.97 Å². The Kier molecular flexibility index (Phi) is 4.91. The monoisotopic (exact) mass is 339 g/mol. The lowest BCUT2D eigenvalue weighted by Gasteiger charge is -2.22. The molecule has 0 saturated carbocycles. The number of ether oxygens (including phenoxy) is 1. The fourth-order valence-corrected chi connectivity index (χ4v) is 3.21. The number of fused-ring (bicyclic) bond motifs is 1. The van der Waals surface area contributed by atoms with Gasteiger partial charge in [0.1, 0.15) is 4.88 Å². The summed E-state index contributed by atoms with van der Waals surface area (Å²) in [7, 11) is 0. The van der Waals surface area contributed by atoms with Gasteiger partial charge in [-0.3, -0.25) is 4.79 Å². The fourth-order valence-electron chi connectivity index (χ4n) is 2.60. The van der Waals surface area contributed by atoms with Crippen LogP contribution in [0.1, 0.15) is 16.6 Å². The predicted octanol–water partition coefficient (Wildman–Crippen LogP) is 4.11. The molecule has 4 nitrogen and oxygen atoms in total. The number of amides is 1. The Morgan fingerprint density at radius 1 is 1.04 bits per heavy atom. The SMILES string of the molecule is CCN(C(=O)COC(=O)c1cccs1)c1cccc2ccccc12. The zero-order valence-corrected chi connectivity index (χ0v) is 14.1. The highest BCUT2D eigenvalue weighted by atomic mass is 32.1. The second kappa shape index (κ2) is 7.27. The number of carbonyl (C=O) groups is 2. The van der Waals surface area contributed by atoms with E-state index in [1.165, 1.54) is 11.3 Å². The molecule has 0 aliphatic heterocycles. The minimum atomic E-state index is -0.465. The molecule has 0 N–H and O–H groups in total. The van der Waals surface area contributed by atoms with E-state index in [1.807, 2.05) is 49.4 Å². The average Bonchev–Trinajstić information content (AvgIpc) is 3.15. The molecule has 24 heavy (non-hydrogen) atoms. The van der Waals surface area contributed by atoms with Crippen LogP contribution in [0.4, 0.5) is 5.69 Å². The summed E-state index contributed by atoms with van der Waals surface area (Å²) in [5, 5.41) is 3.86. The normalized spacial score (nSPS) is 10.5. The number of likely N-dealkylation sites (N-methyl/N-ethyl adjacent to an activating group) is 1. The number of esters is 1. The Hall–Kier alpha value is -2.66. The van der Waals surface area contributed by atoms with Gasteiger partial charge in [-0.25, -0.2) is 4.79 Å². The molecule has 0 fully saturated rings. The van der Waals surface area contributed by atoms with Crippen LogP contribution in [0, 0.1) is 0 Å². The van der Waals surface area contributed by atoms with Crippen LogP contribution >= 0.6 is 11.3 Å². The topological polar surface area (TPSA) is 46.6 Å². The molecule has 0 aliphatic carbocycles. The van der Waals surface area contributed by atoms with Crippen molar-refractivity contribution in [3.05, 3.63) is 64.9 Å². The number of nitrogens with zero attached hydrogens (tertiary/aromatic N) is 1. The standard InChI is InChI=1S/C19H17NO3S/c1-2-20(16-10-5-8-14-7-3-4-9-15(14)16)18(21)13-23-19(22)17-11-6-12-24-17/h3-12H,2,13H2,1H3. The molecule has 0 unspecified atom stereocenters. The first-order valence-electron chi connectivity index (χ1n) is 7.69. The first-order valence-corrected chi connectivity index (χ1v) is 8.57. The molecule has 1 heterocycles. The molecule has 5 heteroatoms. The van der Waals surface area contributed by atoms with Gasteiger partial charge in [0.05, 0.1) is 5.69 Å². The van der Waals surface area contributed by atoms with Gasteiger partial charge in [-0.15, -0.1) is 11.3 Å². The number of anilines is 1. The van der Waals surface area contributed by atoms with Gasteiger partial charge >= 0.3 is 5.97 Å². The number of rotatable bonds is 5. The van der Waals surface area contributed by atoms with Gasteiger partial charge in [0.25, 0.3) is 5.91 Å². The number of hydrogen-bond donors (Lipinski definition) is 0. The molecule has 122 valence electrons. The van der Waals surface area contributed by atoms with Crippen LogP contribution < -0.4 is 4.90 Å². The maximum absolute atomic E-state index is 12.5. The number of hydrogen-bond acceptors (Lipinski definition) is 4. The zero-order chi connectivity index (χ0) is 16.9. The molecule has 0 bridgehead atoms. The summed E-state index contributed by atoms with van der Waals surface area (Å²) < 4.78 is 5.14. The molecule has 0 atom stereocenters. The summed E-state index contributed by atoms with van der Waals surface area (Å²) in [6, 6.07) is 17.2. The lowest BCUT2D eigenvalue weighted by atomic mass is 10.1. The highest BCUT2D eigenvalue weighted by Crippen LogP contribution is 2.26.